The van der Waals surface area contributed by atoms with Crippen molar-refractivity contribution in [2.45, 2.75) is 25.8 Å². The maximum atomic E-state index is 12.0. The zero-order valence-electron chi connectivity index (χ0n) is 11.8. The molecule has 2 amide bonds. The molecule has 1 aliphatic heterocycles. The Morgan fingerprint density at radius 3 is 2.76 bits per heavy atom. The fourth-order valence-corrected chi connectivity index (χ4v) is 2.29. The van der Waals surface area contributed by atoms with Crippen LogP contribution in [0.3, 0.4) is 0 Å². The molecule has 7 heteroatoms. The fourth-order valence-electron chi connectivity index (χ4n) is 2.29. The number of carbonyl (C=O) groups is 1. The molecule has 21 heavy (non-hydrogen) atoms. The van der Waals surface area contributed by atoms with Crippen molar-refractivity contribution >= 4 is 6.03 Å². The molecule has 3 rings (SSSR count). The summed E-state index contributed by atoms with van der Waals surface area (Å²) in [5.74, 6) is 0.893. The average Bonchev–Trinajstić information content (AvgIpc) is 3.20. The summed E-state index contributed by atoms with van der Waals surface area (Å²) in [5, 5.41) is 6.81. The average molecular weight is 287 g/mol. The number of nitrogens with zero attached hydrogens (tertiary/aromatic N) is 4. The third-order valence-corrected chi connectivity index (χ3v) is 3.48. The normalized spacial score (nSPS) is 16.0. The molecule has 3 heterocycles. The number of likely N-dealkylation sites (tertiary alicyclic amines) is 1. The first-order valence-electron chi connectivity index (χ1n) is 7.03. The number of urea groups is 1. The van der Waals surface area contributed by atoms with Gasteiger partial charge in [-0.1, -0.05) is 5.16 Å². The molecule has 1 aliphatic rings. The van der Waals surface area contributed by atoms with Crippen LogP contribution in [0.1, 0.15) is 31.7 Å². The molecule has 1 saturated heterocycles. The Hall–Kier alpha value is -2.44. The molecule has 1 fully saturated rings. The lowest BCUT2D eigenvalue weighted by molar-refractivity contribution is 0.202. The lowest BCUT2D eigenvalue weighted by Crippen LogP contribution is -2.39. The van der Waals surface area contributed by atoms with Gasteiger partial charge in [0.1, 0.15) is 6.04 Å². The molecule has 1 atom stereocenters. The maximum Gasteiger partial charge on any atom is 0.318 e. The number of nitrogens with one attached hydrogen (secondary N) is 1. The van der Waals surface area contributed by atoms with Crippen LogP contribution in [-0.4, -0.2) is 39.1 Å². The molecule has 0 spiro atoms. The van der Waals surface area contributed by atoms with E-state index in [1.54, 1.807) is 17.3 Å². The molecule has 0 radical (unpaired) electrons. The smallest absolute Gasteiger partial charge is 0.318 e. The second-order valence-corrected chi connectivity index (χ2v) is 5.06. The first-order valence-corrected chi connectivity index (χ1v) is 7.03. The van der Waals surface area contributed by atoms with Crippen LogP contribution in [0.15, 0.2) is 29.0 Å². The van der Waals surface area contributed by atoms with Gasteiger partial charge in [0.2, 0.25) is 11.7 Å². The monoisotopic (exact) mass is 287 g/mol. The zero-order chi connectivity index (χ0) is 14.7. The van der Waals surface area contributed by atoms with Gasteiger partial charge in [-0.3, -0.25) is 4.98 Å². The molecule has 7 nitrogen and oxygen atoms in total. The Balaban J connectivity index is 1.66. The van der Waals surface area contributed by atoms with Crippen LogP contribution in [0.5, 0.6) is 0 Å². The van der Waals surface area contributed by atoms with Gasteiger partial charge in [-0.25, -0.2) is 4.79 Å². The lowest BCUT2D eigenvalue weighted by atomic mass is 10.2. The molecule has 0 unspecified atom stereocenters. The summed E-state index contributed by atoms with van der Waals surface area (Å²) in [6, 6.07) is 3.22. The summed E-state index contributed by atoms with van der Waals surface area (Å²) in [7, 11) is 0. The van der Waals surface area contributed by atoms with Crippen molar-refractivity contribution in [3.05, 3.63) is 30.4 Å². The van der Waals surface area contributed by atoms with Gasteiger partial charge >= 0.3 is 6.03 Å². The third kappa shape index (κ3) is 3.01. The number of carbonyl (C=O) groups excluding carboxylic acids is 1. The van der Waals surface area contributed by atoms with Crippen molar-refractivity contribution in [1.29, 1.82) is 0 Å². The van der Waals surface area contributed by atoms with Gasteiger partial charge in [0.25, 0.3) is 0 Å². The first-order chi connectivity index (χ1) is 10.2. The van der Waals surface area contributed by atoms with E-state index in [9.17, 15) is 4.79 Å². The molecule has 0 saturated carbocycles. The topological polar surface area (TPSA) is 84.2 Å². The Bertz CT molecular complexity index is 607. The number of hydrogen-bond acceptors (Lipinski definition) is 5. The first kappa shape index (κ1) is 13.5. The zero-order valence-corrected chi connectivity index (χ0v) is 11.8. The van der Waals surface area contributed by atoms with Crippen LogP contribution in [0.4, 0.5) is 4.79 Å². The standard InChI is InChI=1S/C14H17N5O2/c1-10(16-14(20)19-8-2-3-9-19)13-17-12(18-21-13)11-4-6-15-7-5-11/h4-7,10H,2-3,8-9H2,1H3,(H,16,20)/t10-/m0/s1. The second kappa shape index (κ2) is 5.90. The van der Waals surface area contributed by atoms with Crippen LogP contribution in [-0.2, 0) is 0 Å². The maximum absolute atomic E-state index is 12.0. The van der Waals surface area contributed by atoms with Crippen LogP contribution >= 0.6 is 0 Å². The second-order valence-electron chi connectivity index (χ2n) is 5.06. The van der Waals surface area contributed by atoms with Crippen LogP contribution in [0.2, 0.25) is 0 Å². The molecule has 0 aliphatic carbocycles. The van der Waals surface area contributed by atoms with Crippen molar-refractivity contribution in [2.24, 2.45) is 0 Å². The lowest BCUT2D eigenvalue weighted by Gasteiger charge is -2.18. The highest BCUT2D eigenvalue weighted by Gasteiger charge is 2.22. The van der Waals surface area contributed by atoms with Crippen molar-refractivity contribution in [2.75, 3.05) is 13.1 Å². The number of pyridine rings is 1. The van der Waals surface area contributed by atoms with E-state index in [1.165, 1.54) is 0 Å². The van der Waals surface area contributed by atoms with Gasteiger partial charge in [-0.05, 0) is 31.9 Å². The van der Waals surface area contributed by atoms with Gasteiger partial charge in [0, 0.05) is 31.0 Å². The van der Waals surface area contributed by atoms with Crippen LogP contribution < -0.4 is 5.32 Å². The number of hydrogen-bond donors (Lipinski definition) is 1. The summed E-state index contributed by atoms with van der Waals surface area (Å²) >= 11 is 0. The summed E-state index contributed by atoms with van der Waals surface area (Å²) in [6.45, 7) is 3.45. The minimum Gasteiger partial charge on any atom is -0.337 e. The Kier molecular flexibility index (Phi) is 3.81. The Morgan fingerprint density at radius 2 is 2.05 bits per heavy atom. The minimum absolute atomic E-state index is 0.0799. The van der Waals surface area contributed by atoms with Crippen molar-refractivity contribution < 1.29 is 9.32 Å². The Labute approximate surface area is 122 Å². The van der Waals surface area contributed by atoms with E-state index in [1.807, 2.05) is 19.1 Å². The van der Waals surface area contributed by atoms with Crippen LogP contribution in [0, 0.1) is 0 Å². The van der Waals surface area contributed by atoms with Crippen LogP contribution in [0.25, 0.3) is 11.4 Å². The van der Waals surface area contributed by atoms with E-state index in [2.05, 4.69) is 20.4 Å². The van der Waals surface area contributed by atoms with E-state index in [0.717, 1.165) is 31.5 Å². The molecular weight excluding hydrogens is 270 g/mol. The molecule has 110 valence electrons. The summed E-state index contributed by atoms with van der Waals surface area (Å²) in [6.07, 6.45) is 5.47. The molecule has 2 aromatic heterocycles. The predicted octanol–water partition coefficient (Wildman–Crippen LogP) is 2.00. The van der Waals surface area contributed by atoms with E-state index in [4.69, 9.17) is 4.52 Å². The molecule has 1 N–H and O–H groups in total. The Morgan fingerprint density at radius 1 is 1.33 bits per heavy atom. The molecule has 2 aromatic rings. The summed E-state index contributed by atoms with van der Waals surface area (Å²) in [4.78, 5) is 22.1. The van der Waals surface area contributed by atoms with Gasteiger partial charge in [0.05, 0.1) is 0 Å². The van der Waals surface area contributed by atoms with Crippen molar-refractivity contribution in [3.8, 4) is 11.4 Å². The van der Waals surface area contributed by atoms with E-state index >= 15 is 0 Å². The van der Waals surface area contributed by atoms with E-state index < -0.39 is 0 Å². The molecular formula is C14H17N5O2. The number of amides is 2. The summed E-state index contributed by atoms with van der Waals surface area (Å²) < 4.78 is 5.23. The third-order valence-electron chi connectivity index (χ3n) is 3.48. The molecule has 0 bridgehead atoms. The quantitative estimate of drug-likeness (QED) is 0.933. The largest absolute Gasteiger partial charge is 0.337 e. The highest BCUT2D eigenvalue weighted by molar-refractivity contribution is 5.74. The van der Waals surface area contributed by atoms with E-state index in [-0.39, 0.29) is 12.1 Å². The highest BCUT2D eigenvalue weighted by Crippen LogP contribution is 2.18. The van der Waals surface area contributed by atoms with E-state index in [0.29, 0.717) is 11.7 Å². The SMILES string of the molecule is C[C@H](NC(=O)N1CCCC1)c1nc(-c2ccncc2)no1. The van der Waals surface area contributed by atoms with Gasteiger partial charge < -0.3 is 14.7 Å². The summed E-state index contributed by atoms with van der Waals surface area (Å²) in [5.41, 5.74) is 0.832. The molecule has 0 aromatic carbocycles. The van der Waals surface area contributed by atoms with Crippen molar-refractivity contribution in [1.82, 2.24) is 25.3 Å². The van der Waals surface area contributed by atoms with Gasteiger partial charge in [0.15, 0.2) is 0 Å². The van der Waals surface area contributed by atoms with Crippen molar-refractivity contribution in [3.63, 3.8) is 0 Å². The van der Waals surface area contributed by atoms with Gasteiger partial charge in [-0.15, -0.1) is 0 Å². The predicted molar refractivity (Wildman–Crippen MR) is 75.3 cm³/mol. The fraction of sp³-hybridized carbons (Fsp3) is 0.429. The van der Waals surface area contributed by atoms with Gasteiger partial charge in [-0.2, -0.15) is 4.98 Å². The number of aromatic nitrogens is 3. The number of rotatable bonds is 3. The minimum atomic E-state index is -0.318. The highest BCUT2D eigenvalue weighted by atomic mass is 16.5.